The SMILES string of the molecule is COCCCN1CCN(C(=O)Nc2ccc(F)c(F)c2F)CC1. The third-order valence-corrected chi connectivity index (χ3v) is 3.76. The molecule has 1 aromatic rings. The van der Waals surface area contributed by atoms with Crippen molar-refractivity contribution in [2.24, 2.45) is 0 Å². The molecule has 0 bridgehead atoms. The monoisotopic (exact) mass is 331 g/mol. The summed E-state index contributed by atoms with van der Waals surface area (Å²) < 4.78 is 44.6. The highest BCUT2D eigenvalue weighted by atomic mass is 19.2. The molecule has 0 aliphatic carbocycles. The van der Waals surface area contributed by atoms with Gasteiger partial charge in [-0.1, -0.05) is 0 Å². The predicted molar refractivity (Wildman–Crippen MR) is 79.8 cm³/mol. The fourth-order valence-corrected chi connectivity index (χ4v) is 2.42. The zero-order chi connectivity index (χ0) is 16.8. The normalized spacial score (nSPS) is 15.7. The molecule has 1 aliphatic rings. The molecule has 1 heterocycles. The summed E-state index contributed by atoms with van der Waals surface area (Å²) in [6.45, 7) is 3.97. The van der Waals surface area contributed by atoms with Gasteiger partial charge in [0.05, 0.1) is 5.69 Å². The van der Waals surface area contributed by atoms with Crippen LogP contribution < -0.4 is 5.32 Å². The molecule has 23 heavy (non-hydrogen) atoms. The first-order valence-electron chi connectivity index (χ1n) is 7.43. The lowest BCUT2D eigenvalue weighted by Crippen LogP contribution is -2.50. The number of carbonyl (C=O) groups is 1. The number of hydrogen-bond donors (Lipinski definition) is 1. The van der Waals surface area contributed by atoms with Crippen molar-refractivity contribution in [3.63, 3.8) is 0 Å². The summed E-state index contributed by atoms with van der Waals surface area (Å²) in [5, 5.41) is 2.28. The van der Waals surface area contributed by atoms with E-state index in [1.54, 1.807) is 7.11 Å². The van der Waals surface area contributed by atoms with Gasteiger partial charge in [0.2, 0.25) is 0 Å². The number of nitrogens with one attached hydrogen (secondary N) is 1. The summed E-state index contributed by atoms with van der Waals surface area (Å²) in [5.74, 6) is -4.27. The van der Waals surface area contributed by atoms with Crippen LogP contribution in [0.1, 0.15) is 6.42 Å². The van der Waals surface area contributed by atoms with Gasteiger partial charge in [-0.2, -0.15) is 0 Å². The number of urea groups is 1. The fraction of sp³-hybridized carbons (Fsp3) is 0.533. The van der Waals surface area contributed by atoms with Crippen LogP contribution in [0.25, 0.3) is 0 Å². The van der Waals surface area contributed by atoms with Crippen LogP contribution >= 0.6 is 0 Å². The Bertz CT molecular complexity index is 549. The minimum atomic E-state index is -1.59. The second-order valence-corrected chi connectivity index (χ2v) is 5.33. The van der Waals surface area contributed by atoms with Crippen LogP contribution in [-0.4, -0.2) is 62.3 Å². The maximum Gasteiger partial charge on any atom is 0.322 e. The number of anilines is 1. The number of rotatable bonds is 5. The highest BCUT2D eigenvalue weighted by Gasteiger charge is 2.22. The van der Waals surface area contributed by atoms with Crippen LogP contribution in [0.2, 0.25) is 0 Å². The quantitative estimate of drug-likeness (QED) is 0.665. The first-order chi connectivity index (χ1) is 11.0. The van der Waals surface area contributed by atoms with Gasteiger partial charge in [-0.3, -0.25) is 4.90 Å². The van der Waals surface area contributed by atoms with Gasteiger partial charge in [0.25, 0.3) is 0 Å². The summed E-state index contributed by atoms with van der Waals surface area (Å²) in [6, 6.07) is 1.26. The van der Waals surface area contributed by atoms with Crippen LogP contribution in [0.5, 0.6) is 0 Å². The van der Waals surface area contributed by atoms with Crippen LogP contribution in [0.3, 0.4) is 0 Å². The molecule has 0 spiro atoms. The molecule has 1 saturated heterocycles. The molecule has 2 amide bonds. The molecule has 0 aromatic heterocycles. The van der Waals surface area contributed by atoms with Crippen molar-refractivity contribution in [2.45, 2.75) is 6.42 Å². The maximum atomic E-state index is 13.6. The van der Waals surface area contributed by atoms with Crippen molar-refractivity contribution in [2.75, 3.05) is 51.8 Å². The molecule has 1 N–H and O–H groups in total. The Morgan fingerprint density at radius 2 is 1.87 bits per heavy atom. The molecule has 8 heteroatoms. The first-order valence-corrected chi connectivity index (χ1v) is 7.43. The molecule has 1 fully saturated rings. The van der Waals surface area contributed by atoms with E-state index >= 15 is 0 Å². The fourth-order valence-electron chi connectivity index (χ4n) is 2.42. The third-order valence-electron chi connectivity index (χ3n) is 3.76. The zero-order valence-electron chi connectivity index (χ0n) is 12.9. The first kappa shape index (κ1) is 17.6. The van der Waals surface area contributed by atoms with Gasteiger partial charge in [0.15, 0.2) is 17.5 Å². The third kappa shape index (κ3) is 4.59. The number of methoxy groups -OCH3 is 1. The van der Waals surface area contributed by atoms with Gasteiger partial charge >= 0.3 is 6.03 Å². The Hall–Kier alpha value is -1.80. The van der Waals surface area contributed by atoms with Crippen molar-refractivity contribution >= 4 is 11.7 Å². The Labute approximate surface area is 133 Å². The maximum absolute atomic E-state index is 13.6. The molecule has 5 nitrogen and oxygen atoms in total. The summed E-state index contributed by atoms with van der Waals surface area (Å²) >= 11 is 0. The average Bonchev–Trinajstić information content (AvgIpc) is 2.56. The topological polar surface area (TPSA) is 44.8 Å². The summed E-state index contributed by atoms with van der Waals surface area (Å²) in [5.41, 5.74) is -0.364. The number of piperazine rings is 1. The van der Waals surface area contributed by atoms with E-state index in [1.807, 2.05) is 0 Å². The Morgan fingerprint density at radius 1 is 1.17 bits per heavy atom. The Balaban J connectivity index is 1.85. The van der Waals surface area contributed by atoms with E-state index in [0.717, 1.165) is 25.1 Å². The van der Waals surface area contributed by atoms with Crippen LogP contribution in [-0.2, 0) is 4.74 Å². The summed E-state index contributed by atoms with van der Waals surface area (Å²) in [4.78, 5) is 15.8. The lowest BCUT2D eigenvalue weighted by Gasteiger charge is -2.34. The zero-order valence-corrected chi connectivity index (χ0v) is 12.9. The van der Waals surface area contributed by atoms with Gasteiger partial charge < -0.3 is 15.0 Å². The van der Waals surface area contributed by atoms with E-state index < -0.39 is 23.5 Å². The van der Waals surface area contributed by atoms with Gasteiger partial charge in [-0.15, -0.1) is 0 Å². The lowest BCUT2D eigenvalue weighted by molar-refractivity contribution is 0.130. The Kier molecular flexibility index (Phi) is 6.23. The van der Waals surface area contributed by atoms with E-state index in [9.17, 15) is 18.0 Å². The van der Waals surface area contributed by atoms with Crippen LogP contribution in [0, 0.1) is 17.5 Å². The minimum absolute atomic E-state index is 0.364. The highest BCUT2D eigenvalue weighted by Crippen LogP contribution is 2.20. The van der Waals surface area contributed by atoms with E-state index in [1.165, 1.54) is 4.90 Å². The summed E-state index contributed by atoms with van der Waals surface area (Å²) in [6.07, 6.45) is 0.919. The number of halogens is 3. The van der Waals surface area contributed by atoms with E-state index in [4.69, 9.17) is 4.74 Å². The Morgan fingerprint density at radius 3 is 2.52 bits per heavy atom. The molecule has 0 unspecified atom stereocenters. The second kappa shape index (κ2) is 8.16. The molecular formula is C15H20F3N3O2. The van der Waals surface area contributed by atoms with E-state index in [0.29, 0.717) is 32.8 Å². The molecule has 1 aromatic carbocycles. The lowest BCUT2D eigenvalue weighted by atomic mass is 10.2. The van der Waals surface area contributed by atoms with Crippen LogP contribution in [0.15, 0.2) is 12.1 Å². The number of benzene rings is 1. The molecule has 0 atom stereocenters. The van der Waals surface area contributed by atoms with Gasteiger partial charge in [-0.25, -0.2) is 18.0 Å². The van der Waals surface area contributed by atoms with Crippen molar-refractivity contribution in [1.29, 1.82) is 0 Å². The molecule has 128 valence electrons. The van der Waals surface area contributed by atoms with Crippen LogP contribution in [0.4, 0.5) is 23.7 Å². The largest absolute Gasteiger partial charge is 0.385 e. The van der Waals surface area contributed by atoms with Crippen molar-refractivity contribution in [3.05, 3.63) is 29.6 Å². The van der Waals surface area contributed by atoms with Crippen molar-refractivity contribution in [1.82, 2.24) is 9.80 Å². The molecule has 2 rings (SSSR count). The molecule has 1 aliphatic heterocycles. The van der Waals surface area contributed by atoms with Crippen molar-refractivity contribution < 1.29 is 22.7 Å². The standard InChI is InChI=1S/C15H20F3N3O2/c1-23-10-2-5-20-6-8-21(9-7-20)15(22)19-12-4-3-11(16)13(17)14(12)18/h3-4H,2,5-10H2,1H3,(H,19,22). The summed E-state index contributed by atoms with van der Waals surface area (Å²) in [7, 11) is 1.65. The van der Waals surface area contributed by atoms with Gasteiger partial charge in [0, 0.05) is 46.4 Å². The smallest absolute Gasteiger partial charge is 0.322 e. The highest BCUT2D eigenvalue weighted by molar-refractivity contribution is 5.89. The van der Waals surface area contributed by atoms with Gasteiger partial charge in [0.1, 0.15) is 0 Å². The molecule has 0 radical (unpaired) electrons. The number of amides is 2. The van der Waals surface area contributed by atoms with E-state index in [-0.39, 0.29) is 5.69 Å². The van der Waals surface area contributed by atoms with Crippen molar-refractivity contribution in [3.8, 4) is 0 Å². The van der Waals surface area contributed by atoms with E-state index in [2.05, 4.69) is 10.2 Å². The minimum Gasteiger partial charge on any atom is -0.385 e. The number of ether oxygens (including phenoxy) is 1. The number of hydrogen-bond acceptors (Lipinski definition) is 3. The molecule has 0 saturated carbocycles. The number of carbonyl (C=O) groups excluding carboxylic acids is 1. The average molecular weight is 331 g/mol. The number of nitrogens with zero attached hydrogens (tertiary/aromatic N) is 2. The van der Waals surface area contributed by atoms with Gasteiger partial charge in [-0.05, 0) is 18.6 Å². The molecular weight excluding hydrogens is 311 g/mol. The second-order valence-electron chi connectivity index (χ2n) is 5.33. The predicted octanol–water partition coefficient (Wildman–Crippen LogP) is 2.29.